The fraction of sp³-hybridized carbons (Fsp3) is 0.300. The van der Waals surface area contributed by atoms with Crippen LogP contribution >= 0.6 is 11.6 Å². The maximum atomic E-state index is 12.9. The van der Waals surface area contributed by atoms with Crippen LogP contribution in [0.4, 0.5) is 0 Å². The molecule has 0 spiro atoms. The molecular formula is C20H21ClN2O2. The van der Waals surface area contributed by atoms with Crippen LogP contribution in [-0.4, -0.2) is 43.3 Å². The van der Waals surface area contributed by atoms with Crippen LogP contribution in [0.25, 0.3) is 0 Å². The third kappa shape index (κ3) is 3.91. The van der Waals surface area contributed by atoms with Crippen LogP contribution in [0.5, 0.6) is 0 Å². The van der Waals surface area contributed by atoms with Crippen LogP contribution < -0.4 is 5.32 Å². The van der Waals surface area contributed by atoms with Gasteiger partial charge in [0.25, 0.3) is 5.91 Å². The van der Waals surface area contributed by atoms with E-state index in [0.29, 0.717) is 27.6 Å². The number of carbonyl (C=O) groups is 2. The second-order valence-corrected chi connectivity index (χ2v) is 6.78. The van der Waals surface area contributed by atoms with Gasteiger partial charge in [0.1, 0.15) is 0 Å². The molecule has 1 saturated heterocycles. The van der Waals surface area contributed by atoms with E-state index in [1.165, 1.54) is 0 Å². The van der Waals surface area contributed by atoms with E-state index >= 15 is 0 Å². The van der Waals surface area contributed by atoms with Gasteiger partial charge in [-0.15, -0.1) is 0 Å². The molecule has 1 heterocycles. The van der Waals surface area contributed by atoms with E-state index in [9.17, 15) is 9.59 Å². The maximum Gasteiger partial charge on any atom is 0.254 e. The molecule has 4 nitrogen and oxygen atoms in total. The Kier molecular flexibility index (Phi) is 5.51. The van der Waals surface area contributed by atoms with Gasteiger partial charge in [-0.1, -0.05) is 29.8 Å². The van der Waals surface area contributed by atoms with Gasteiger partial charge in [-0.2, -0.15) is 0 Å². The molecule has 130 valence electrons. The van der Waals surface area contributed by atoms with E-state index in [1.807, 2.05) is 11.9 Å². The molecule has 0 aromatic heterocycles. The molecule has 0 radical (unpaired) electrons. The largest absolute Gasteiger partial charge is 0.338 e. The number of hydrogen-bond donors (Lipinski definition) is 1. The molecular weight excluding hydrogens is 336 g/mol. The van der Waals surface area contributed by atoms with Crippen molar-refractivity contribution in [3.63, 3.8) is 0 Å². The molecule has 0 saturated carbocycles. The monoisotopic (exact) mass is 356 g/mol. The predicted octanol–water partition coefficient (Wildman–Crippen LogP) is 3.25. The van der Waals surface area contributed by atoms with Crippen molar-refractivity contribution in [1.29, 1.82) is 0 Å². The Morgan fingerprint density at radius 3 is 2.48 bits per heavy atom. The van der Waals surface area contributed by atoms with Gasteiger partial charge in [-0.3, -0.25) is 9.59 Å². The number of benzene rings is 2. The minimum atomic E-state index is -0.161. The highest BCUT2D eigenvalue weighted by molar-refractivity contribution is 6.30. The Bertz CT molecular complexity index is 774. The molecule has 25 heavy (non-hydrogen) atoms. The van der Waals surface area contributed by atoms with Crippen molar-refractivity contribution in [1.82, 2.24) is 10.2 Å². The van der Waals surface area contributed by atoms with Crippen LogP contribution in [0.3, 0.4) is 0 Å². The van der Waals surface area contributed by atoms with E-state index in [-0.39, 0.29) is 11.7 Å². The van der Waals surface area contributed by atoms with E-state index in [0.717, 1.165) is 26.1 Å². The van der Waals surface area contributed by atoms with E-state index < -0.39 is 0 Å². The molecule has 1 amide bonds. The van der Waals surface area contributed by atoms with Gasteiger partial charge in [-0.25, -0.2) is 0 Å². The Morgan fingerprint density at radius 1 is 1.12 bits per heavy atom. The first-order valence-corrected chi connectivity index (χ1v) is 8.81. The number of hydrogen-bond acceptors (Lipinski definition) is 3. The molecule has 2 aromatic carbocycles. The number of carbonyl (C=O) groups excluding carboxylic acids is 2. The van der Waals surface area contributed by atoms with E-state index in [1.54, 1.807) is 48.5 Å². The molecule has 0 unspecified atom stereocenters. The number of nitrogens with one attached hydrogen (secondary N) is 1. The van der Waals surface area contributed by atoms with Crippen molar-refractivity contribution in [2.75, 3.05) is 26.7 Å². The summed E-state index contributed by atoms with van der Waals surface area (Å²) in [6.07, 6.45) is 0.986. The van der Waals surface area contributed by atoms with Gasteiger partial charge in [0.05, 0.1) is 5.56 Å². The van der Waals surface area contributed by atoms with Gasteiger partial charge < -0.3 is 10.2 Å². The lowest BCUT2D eigenvalue weighted by Crippen LogP contribution is -2.31. The number of likely N-dealkylation sites (tertiary alicyclic amines) is 1. The third-order valence-corrected chi connectivity index (χ3v) is 4.83. The lowest BCUT2D eigenvalue weighted by Gasteiger charge is -2.18. The molecule has 1 fully saturated rings. The lowest BCUT2D eigenvalue weighted by molar-refractivity contribution is 0.0782. The summed E-state index contributed by atoms with van der Waals surface area (Å²) in [6.45, 7) is 2.35. The van der Waals surface area contributed by atoms with E-state index in [2.05, 4.69) is 5.32 Å². The Hall–Kier alpha value is -2.17. The zero-order valence-corrected chi connectivity index (χ0v) is 14.9. The summed E-state index contributed by atoms with van der Waals surface area (Å²) < 4.78 is 0. The molecule has 3 rings (SSSR count). The second kappa shape index (κ2) is 7.81. The fourth-order valence-electron chi connectivity index (χ4n) is 3.27. The standard InChI is InChI=1S/C20H21ClN2O2/c1-22-12-14-10-11-23(13-14)20(25)18-5-3-2-4-17(18)19(24)15-6-8-16(21)9-7-15/h2-9,14,22H,10-13H2,1H3/t14-/m1/s1. The van der Waals surface area contributed by atoms with Crippen LogP contribution in [0, 0.1) is 5.92 Å². The molecule has 1 atom stereocenters. The summed E-state index contributed by atoms with van der Waals surface area (Å²) >= 11 is 5.89. The highest BCUT2D eigenvalue weighted by atomic mass is 35.5. The fourth-order valence-corrected chi connectivity index (χ4v) is 3.39. The van der Waals surface area contributed by atoms with Crippen molar-refractivity contribution in [3.8, 4) is 0 Å². The summed E-state index contributed by atoms with van der Waals surface area (Å²) in [4.78, 5) is 27.6. The molecule has 1 N–H and O–H groups in total. The number of rotatable bonds is 5. The predicted molar refractivity (Wildman–Crippen MR) is 99.3 cm³/mol. The van der Waals surface area contributed by atoms with Crippen molar-refractivity contribution in [2.24, 2.45) is 5.92 Å². The first-order chi connectivity index (χ1) is 12.1. The lowest BCUT2D eigenvalue weighted by atomic mass is 9.97. The molecule has 1 aliphatic rings. The third-order valence-electron chi connectivity index (χ3n) is 4.57. The Morgan fingerprint density at radius 2 is 1.80 bits per heavy atom. The van der Waals surface area contributed by atoms with Crippen LogP contribution in [0.15, 0.2) is 48.5 Å². The number of amides is 1. The minimum absolute atomic E-state index is 0.0727. The van der Waals surface area contributed by atoms with Gasteiger partial charge in [-0.05, 0) is 56.3 Å². The summed E-state index contributed by atoms with van der Waals surface area (Å²) in [5, 5.41) is 3.74. The highest BCUT2D eigenvalue weighted by Gasteiger charge is 2.28. The average Bonchev–Trinajstić information content (AvgIpc) is 3.10. The van der Waals surface area contributed by atoms with Gasteiger partial charge in [0.2, 0.25) is 0 Å². The van der Waals surface area contributed by atoms with Crippen molar-refractivity contribution >= 4 is 23.3 Å². The first kappa shape index (κ1) is 17.6. The minimum Gasteiger partial charge on any atom is -0.338 e. The molecule has 0 aliphatic carbocycles. The average molecular weight is 357 g/mol. The summed E-state index contributed by atoms with van der Waals surface area (Å²) in [7, 11) is 1.92. The summed E-state index contributed by atoms with van der Waals surface area (Å²) in [6, 6.07) is 13.8. The molecule has 5 heteroatoms. The highest BCUT2D eigenvalue weighted by Crippen LogP contribution is 2.22. The second-order valence-electron chi connectivity index (χ2n) is 6.35. The van der Waals surface area contributed by atoms with Crippen LogP contribution in [0.1, 0.15) is 32.7 Å². The Labute approximate surface area is 152 Å². The first-order valence-electron chi connectivity index (χ1n) is 8.43. The van der Waals surface area contributed by atoms with Crippen molar-refractivity contribution < 1.29 is 9.59 Å². The normalized spacial score (nSPS) is 16.9. The SMILES string of the molecule is CNC[C@H]1CCN(C(=O)c2ccccc2C(=O)c2ccc(Cl)cc2)C1. The topological polar surface area (TPSA) is 49.4 Å². The molecule has 2 aromatic rings. The summed E-state index contributed by atoms with van der Waals surface area (Å²) in [5.74, 6) is 0.233. The maximum absolute atomic E-state index is 12.9. The van der Waals surface area contributed by atoms with Gasteiger partial charge in [0, 0.05) is 29.2 Å². The van der Waals surface area contributed by atoms with Crippen LogP contribution in [0.2, 0.25) is 5.02 Å². The van der Waals surface area contributed by atoms with Crippen LogP contribution in [-0.2, 0) is 0 Å². The van der Waals surface area contributed by atoms with Gasteiger partial charge >= 0.3 is 0 Å². The quantitative estimate of drug-likeness (QED) is 0.837. The van der Waals surface area contributed by atoms with Crippen molar-refractivity contribution in [3.05, 3.63) is 70.2 Å². The van der Waals surface area contributed by atoms with E-state index in [4.69, 9.17) is 11.6 Å². The summed E-state index contributed by atoms with van der Waals surface area (Å²) in [5.41, 5.74) is 1.43. The smallest absolute Gasteiger partial charge is 0.254 e. The number of halogens is 1. The van der Waals surface area contributed by atoms with Gasteiger partial charge in [0.15, 0.2) is 5.78 Å². The zero-order valence-electron chi connectivity index (χ0n) is 14.2. The molecule has 0 bridgehead atoms. The number of ketones is 1. The molecule has 1 aliphatic heterocycles. The Balaban J connectivity index is 1.85. The zero-order chi connectivity index (χ0) is 17.8. The van der Waals surface area contributed by atoms with Crippen molar-refractivity contribution in [2.45, 2.75) is 6.42 Å². The number of nitrogens with zero attached hydrogens (tertiary/aromatic N) is 1.